The minimum Gasteiger partial charge on any atom is -0.478 e. The fourth-order valence-electron chi connectivity index (χ4n) is 6.10. The van der Waals surface area contributed by atoms with E-state index in [-0.39, 0.29) is 15.7 Å². The lowest BCUT2D eigenvalue weighted by molar-refractivity contribution is 0.0697. The Balaban J connectivity index is 1.24. The molecule has 0 radical (unpaired) electrons. The minimum absolute atomic E-state index is 0.00608. The standard InChI is InChI=1S/C33H29ClN4O2S/c1-33(19-35-31(41-33)20-7-12-24(34)13-8-20)29-16-11-21-17-22(9-14-26(21)36-29)30-37-27-18-23(32(39)40)10-15-28(27)38(30)25-5-3-2-4-6-25/h7-19,25,31H,2-6H2,1H3,(H,39,40). The summed E-state index contributed by atoms with van der Waals surface area (Å²) in [6.45, 7) is 2.16. The molecule has 3 heterocycles. The summed E-state index contributed by atoms with van der Waals surface area (Å²) in [7, 11) is 0. The molecule has 6 nitrogen and oxygen atoms in total. The molecule has 2 atom stereocenters. The van der Waals surface area contributed by atoms with E-state index in [1.54, 1.807) is 23.9 Å². The lowest BCUT2D eigenvalue weighted by Gasteiger charge is -2.26. The highest BCUT2D eigenvalue weighted by atomic mass is 35.5. The summed E-state index contributed by atoms with van der Waals surface area (Å²) in [5.74, 6) is -0.0523. The summed E-state index contributed by atoms with van der Waals surface area (Å²) >= 11 is 7.85. The molecule has 206 valence electrons. The Hall–Kier alpha value is -3.68. The van der Waals surface area contributed by atoms with Crippen LogP contribution in [0.3, 0.4) is 0 Å². The van der Waals surface area contributed by atoms with Crippen LogP contribution in [0.15, 0.2) is 77.8 Å². The van der Waals surface area contributed by atoms with Gasteiger partial charge in [-0.25, -0.2) is 9.78 Å². The number of hydrogen-bond acceptors (Lipinski definition) is 5. The van der Waals surface area contributed by atoms with E-state index in [0.717, 1.165) is 62.4 Å². The van der Waals surface area contributed by atoms with E-state index in [1.165, 1.54) is 19.3 Å². The number of hydrogen-bond donors (Lipinski definition) is 1. The summed E-state index contributed by atoms with van der Waals surface area (Å²) < 4.78 is 2.00. The first-order valence-corrected chi connectivity index (χ1v) is 15.3. The molecule has 0 saturated heterocycles. The van der Waals surface area contributed by atoms with Gasteiger partial charge in [0, 0.05) is 28.2 Å². The summed E-state index contributed by atoms with van der Waals surface area (Å²) in [5, 5.41) is 11.3. The van der Waals surface area contributed by atoms with Crippen molar-refractivity contribution in [1.29, 1.82) is 0 Å². The number of rotatable bonds is 5. The largest absolute Gasteiger partial charge is 0.478 e. The number of carbonyl (C=O) groups is 1. The van der Waals surface area contributed by atoms with Crippen molar-refractivity contribution in [3.8, 4) is 11.4 Å². The number of fused-ring (bicyclic) bond motifs is 2. The first kappa shape index (κ1) is 26.2. The van der Waals surface area contributed by atoms with E-state index < -0.39 is 5.97 Å². The lowest BCUT2D eigenvalue weighted by atomic mass is 9.94. The average Bonchev–Trinajstić information content (AvgIpc) is 3.59. The molecule has 1 fully saturated rings. The number of aromatic nitrogens is 3. The van der Waals surface area contributed by atoms with Crippen LogP contribution >= 0.6 is 23.4 Å². The molecule has 0 amide bonds. The second-order valence-electron chi connectivity index (χ2n) is 11.1. The van der Waals surface area contributed by atoms with Crippen LogP contribution < -0.4 is 0 Å². The number of carboxylic acids is 1. The van der Waals surface area contributed by atoms with Gasteiger partial charge >= 0.3 is 5.97 Å². The van der Waals surface area contributed by atoms with Crippen molar-refractivity contribution in [1.82, 2.24) is 14.5 Å². The van der Waals surface area contributed by atoms with Crippen molar-refractivity contribution < 1.29 is 9.90 Å². The Bertz CT molecular complexity index is 1830. The molecule has 2 aliphatic rings. The first-order chi connectivity index (χ1) is 19.9. The Morgan fingerprint density at radius 1 is 0.951 bits per heavy atom. The molecule has 5 aromatic rings. The molecule has 3 aromatic carbocycles. The predicted octanol–water partition coefficient (Wildman–Crippen LogP) is 8.84. The van der Waals surface area contributed by atoms with Gasteiger partial charge in [-0.2, -0.15) is 0 Å². The van der Waals surface area contributed by atoms with E-state index in [1.807, 2.05) is 36.5 Å². The Morgan fingerprint density at radius 2 is 1.76 bits per heavy atom. The molecule has 1 N–H and O–H groups in total. The van der Waals surface area contributed by atoms with Gasteiger partial charge in [0.25, 0.3) is 0 Å². The van der Waals surface area contributed by atoms with Crippen molar-refractivity contribution in [2.75, 3.05) is 0 Å². The molecule has 41 heavy (non-hydrogen) atoms. The Morgan fingerprint density at radius 3 is 2.54 bits per heavy atom. The second-order valence-corrected chi connectivity index (χ2v) is 13.1. The molecular weight excluding hydrogens is 552 g/mol. The third kappa shape index (κ3) is 4.81. The molecule has 0 bridgehead atoms. The van der Waals surface area contributed by atoms with E-state index in [2.05, 4.69) is 41.8 Å². The topological polar surface area (TPSA) is 80.4 Å². The normalized spacial score (nSPS) is 21.2. The maximum Gasteiger partial charge on any atom is 0.335 e. The van der Waals surface area contributed by atoms with E-state index in [9.17, 15) is 9.90 Å². The summed E-state index contributed by atoms with van der Waals surface area (Å²) in [4.78, 5) is 26.5. The van der Waals surface area contributed by atoms with Gasteiger partial charge in [-0.3, -0.25) is 9.98 Å². The molecule has 2 unspecified atom stereocenters. The zero-order valence-electron chi connectivity index (χ0n) is 22.6. The highest BCUT2D eigenvalue weighted by Gasteiger charge is 2.36. The van der Waals surface area contributed by atoms with E-state index in [4.69, 9.17) is 26.6 Å². The van der Waals surface area contributed by atoms with Crippen LogP contribution in [0.5, 0.6) is 0 Å². The summed E-state index contributed by atoms with van der Waals surface area (Å²) in [6, 6.07) is 24.0. The third-order valence-electron chi connectivity index (χ3n) is 8.30. The van der Waals surface area contributed by atoms with Crippen LogP contribution in [0.1, 0.15) is 72.1 Å². The Kier molecular flexibility index (Phi) is 6.59. The van der Waals surface area contributed by atoms with Crippen LogP contribution in [-0.2, 0) is 4.75 Å². The number of nitrogens with zero attached hydrogens (tertiary/aromatic N) is 4. The third-order valence-corrected chi connectivity index (χ3v) is 9.97. The fourth-order valence-corrected chi connectivity index (χ4v) is 7.46. The summed E-state index contributed by atoms with van der Waals surface area (Å²) in [6.07, 6.45) is 7.87. The zero-order valence-corrected chi connectivity index (χ0v) is 24.2. The van der Waals surface area contributed by atoms with Gasteiger partial charge in [-0.1, -0.05) is 49.1 Å². The van der Waals surface area contributed by atoms with Gasteiger partial charge in [-0.05, 0) is 79.9 Å². The molecule has 1 aliphatic heterocycles. The number of aliphatic imine (C=N–C) groups is 1. The van der Waals surface area contributed by atoms with Gasteiger partial charge in [0.05, 0.1) is 32.6 Å². The fraction of sp³-hybridized carbons (Fsp3) is 0.273. The number of benzene rings is 3. The van der Waals surface area contributed by atoms with Crippen molar-refractivity contribution in [2.45, 2.75) is 55.2 Å². The molecule has 2 aromatic heterocycles. The summed E-state index contributed by atoms with van der Waals surface area (Å²) in [5.41, 5.74) is 6.00. The lowest BCUT2D eigenvalue weighted by Crippen LogP contribution is -2.18. The molecule has 0 spiro atoms. The SMILES string of the molecule is CC1(c2ccc3cc(-c4nc5cc(C(=O)O)ccc5n4C4CCCCC4)ccc3n2)C=NC(c2ccc(Cl)cc2)S1. The van der Waals surface area contributed by atoms with Crippen LogP contribution in [0.2, 0.25) is 5.02 Å². The average molecular weight is 581 g/mol. The van der Waals surface area contributed by atoms with E-state index in [0.29, 0.717) is 6.04 Å². The Labute approximate surface area is 247 Å². The molecule has 8 heteroatoms. The maximum absolute atomic E-state index is 11.6. The predicted molar refractivity (Wildman–Crippen MR) is 167 cm³/mol. The van der Waals surface area contributed by atoms with Crippen LogP contribution in [0, 0.1) is 0 Å². The van der Waals surface area contributed by atoms with E-state index >= 15 is 0 Å². The van der Waals surface area contributed by atoms with Gasteiger partial charge in [0.1, 0.15) is 11.2 Å². The first-order valence-electron chi connectivity index (χ1n) is 14.0. The van der Waals surface area contributed by atoms with Gasteiger partial charge in [-0.15, -0.1) is 11.8 Å². The van der Waals surface area contributed by atoms with Gasteiger partial charge < -0.3 is 9.67 Å². The number of imidazole rings is 1. The van der Waals surface area contributed by atoms with Crippen molar-refractivity contribution >= 4 is 57.5 Å². The van der Waals surface area contributed by atoms with Crippen molar-refractivity contribution in [3.05, 3.63) is 94.6 Å². The second kappa shape index (κ2) is 10.3. The zero-order chi connectivity index (χ0) is 28.1. The highest BCUT2D eigenvalue weighted by molar-refractivity contribution is 8.01. The molecule has 7 rings (SSSR count). The number of carboxylic acid groups (broad SMARTS) is 1. The number of pyridine rings is 1. The quantitative estimate of drug-likeness (QED) is 0.224. The van der Waals surface area contributed by atoms with Crippen molar-refractivity contribution in [2.24, 2.45) is 4.99 Å². The smallest absolute Gasteiger partial charge is 0.335 e. The molecule has 1 aliphatic carbocycles. The van der Waals surface area contributed by atoms with Gasteiger partial charge in [0.15, 0.2) is 0 Å². The van der Waals surface area contributed by atoms with Crippen LogP contribution in [-0.4, -0.2) is 31.8 Å². The number of halogens is 1. The van der Waals surface area contributed by atoms with Crippen LogP contribution in [0.25, 0.3) is 33.3 Å². The molecular formula is C33H29ClN4O2S. The number of aromatic carboxylic acids is 1. The minimum atomic E-state index is -0.938. The van der Waals surface area contributed by atoms with Crippen molar-refractivity contribution in [3.63, 3.8) is 0 Å². The number of thioether (sulfide) groups is 1. The van der Waals surface area contributed by atoms with Gasteiger partial charge in [0.2, 0.25) is 0 Å². The maximum atomic E-state index is 11.6. The monoisotopic (exact) mass is 580 g/mol. The highest BCUT2D eigenvalue weighted by Crippen LogP contribution is 2.49. The molecule has 1 saturated carbocycles. The van der Waals surface area contributed by atoms with Crippen LogP contribution in [0.4, 0.5) is 0 Å².